The lowest BCUT2D eigenvalue weighted by atomic mass is 10.2. The lowest BCUT2D eigenvalue weighted by Gasteiger charge is -2.13. The molecule has 3 aromatic rings. The summed E-state index contributed by atoms with van der Waals surface area (Å²) in [5.41, 5.74) is 2.30. The molecule has 1 unspecified atom stereocenters. The molecule has 18 heavy (non-hydrogen) atoms. The van der Waals surface area contributed by atoms with Gasteiger partial charge >= 0.3 is 0 Å². The molecular weight excluding hydrogens is 260 g/mol. The summed E-state index contributed by atoms with van der Waals surface area (Å²) in [6.45, 7) is 2.22. The van der Waals surface area contributed by atoms with Crippen molar-refractivity contribution >= 4 is 34.6 Å². The van der Waals surface area contributed by atoms with Crippen molar-refractivity contribution in [3.05, 3.63) is 51.4 Å². The van der Waals surface area contributed by atoms with E-state index in [1.54, 1.807) is 11.3 Å². The zero-order chi connectivity index (χ0) is 12.5. The first-order valence-electron chi connectivity index (χ1n) is 5.97. The maximum Gasteiger partial charge on any atom is 0.178 e. The van der Waals surface area contributed by atoms with Crippen LogP contribution in [0.25, 0.3) is 11.0 Å². The van der Waals surface area contributed by atoms with Crippen molar-refractivity contribution in [1.29, 1.82) is 0 Å². The number of aromatic nitrogens is 2. The quantitative estimate of drug-likeness (QED) is 0.694. The third-order valence-corrected chi connectivity index (χ3v) is 4.34. The lowest BCUT2D eigenvalue weighted by Crippen LogP contribution is -2.07. The topological polar surface area (TPSA) is 20.7 Å². The summed E-state index contributed by atoms with van der Waals surface area (Å²) in [4.78, 5) is 4.67. The van der Waals surface area contributed by atoms with Crippen molar-refractivity contribution < 1.29 is 0 Å². The lowest BCUT2D eigenvalue weighted by molar-refractivity contribution is 0.557. The van der Waals surface area contributed by atoms with Gasteiger partial charge in [-0.3, -0.25) is 0 Å². The Bertz CT molecular complexity index is 707. The molecule has 1 aromatic carbocycles. The maximum atomic E-state index is 5.44. The Kier molecular flexibility index (Phi) is 3.06. The van der Waals surface area contributed by atoms with Crippen molar-refractivity contribution in [3.63, 3.8) is 0 Å². The van der Waals surface area contributed by atoms with E-state index in [4.69, 9.17) is 12.2 Å². The molecule has 3 rings (SSSR count). The maximum absolute atomic E-state index is 5.44. The smallest absolute Gasteiger partial charge is 0.178 e. The molecule has 0 aliphatic rings. The molecule has 1 atom stereocenters. The molecule has 0 saturated carbocycles. The van der Waals surface area contributed by atoms with Gasteiger partial charge in [-0.25, -0.2) is 0 Å². The highest BCUT2D eigenvalue weighted by atomic mass is 32.1. The van der Waals surface area contributed by atoms with Gasteiger partial charge in [0.05, 0.1) is 11.0 Å². The second-order valence-electron chi connectivity index (χ2n) is 4.45. The van der Waals surface area contributed by atoms with Gasteiger partial charge < -0.3 is 9.55 Å². The van der Waals surface area contributed by atoms with Crippen LogP contribution in [0.3, 0.4) is 0 Å². The molecule has 2 heterocycles. The van der Waals surface area contributed by atoms with Crippen LogP contribution in [0.15, 0.2) is 41.8 Å². The number of aromatic amines is 1. The van der Waals surface area contributed by atoms with E-state index in [0.717, 1.165) is 16.7 Å². The van der Waals surface area contributed by atoms with Gasteiger partial charge in [0, 0.05) is 17.3 Å². The Morgan fingerprint density at radius 2 is 2.11 bits per heavy atom. The van der Waals surface area contributed by atoms with Gasteiger partial charge in [0.25, 0.3) is 0 Å². The Morgan fingerprint density at radius 1 is 1.28 bits per heavy atom. The second-order valence-corrected chi connectivity index (χ2v) is 5.87. The van der Waals surface area contributed by atoms with Gasteiger partial charge in [0.1, 0.15) is 0 Å². The van der Waals surface area contributed by atoms with E-state index in [-0.39, 0.29) is 0 Å². The number of rotatable bonds is 3. The third kappa shape index (κ3) is 2.02. The number of nitrogens with one attached hydrogen (secondary N) is 1. The molecule has 0 amide bonds. The Balaban J connectivity index is 2.03. The molecule has 92 valence electrons. The monoisotopic (exact) mass is 274 g/mol. The van der Waals surface area contributed by atoms with E-state index in [2.05, 4.69) is 52.2 Å². The molecule has 4 heteroatoms. The number of hydrogen-bond acceptors (Lipinski definition) is 2. The highest BCUT2D eigenvalue weighted by molar-refractivity contribution is 7.71. The normalized spacial score (nSPS) is 12.9. The van der Waals surface area contributed by atoms with Gasteiger partial charge in [0.2, 0.25) is 0 Å². The Morgan fingerprint density at radius 3 is 2.89 bits per heavy atom. The van der Waals surface area contributed by atoms with Crippen LogP contribution in [0.2, 0.25) is 0 Å². The summed E-state index contributed by atoms with van der Waals surface area (Å²) >= 11 is 7.24. The number of fused-ring (bicyclic) bond motifs is 1. The van der Waals surface area contributed by atoms with Gasteiger partial charge in [-0.15, -0.1) is 11.3 Å². The molecule has 2 nitrogen and oxygen atoms in total. The average molecular weight is 274 g/mol. The van der Waals surface area contributed by atoms with E-state index in [1.165, 1.54) is 10.4 Å². The number of benzene rings is 1. The van der Waals surface area contributed by atoms with E-state index in [9.17, 15) is 0 Å². The van der Waals surface area contributed by atoms with E-state index >= 15 is 0 Å². The molecule has 2 aromatic heterocycles. The summed E-state index contributed by atoms with van der Waals surface area (Å²) in [6.07, 6.45) is 1.02. The molecule has 0 aliphatic carbocycles. The molecular formula is C14H14N2S2. The minimum absolute atomic E-state index is 0.368. The first-order valence-corrected chi connectivity index (χ1v) is 7.26. The fraction of sp³-hybridized carbons (Fsp3) is 0.214. The standard InChI is InChI=1S/C14H14N2S2/c1-10(9-11-5-4-8-18-11)16-13-7-3-2-6-12(13)15-14(16)17/h2-8,10H,9H2,1H3,(H,15,17). The predicted molar refractivity (Wildman–Crippen MR) is 79.9 cm³/mol. The number of thiophene rings is 1. The summed E-state index contributed by atoms with van der Waals surface area (Å²) in [5, 5.41) is 2.12. The van der Waals surface area contributed by atoms with Crippen molar-refractivity contribution in [2.45, 2.75) is 19.4 Å². The zero-order valence-corrected chi connectivity index (χ0v) is 11.7. The largest absolute Gasteiger partial charge is 0.331 e. The van der Waals surface area contributed by atoms with Gasteiger partial charge in [-0.2, -0.15) is 0 Å². The summed E-state index contributed by atoms with van der Waals surface area (Å²) in [7, 11) is 0. The van der Waals surface area contributed by atoms with E-state index in [0.29, 0.717) is 6.04 Å². The van der Waals surface area contributed by atoms with Gasteiger partial charge in [-0.05, 0) is 42.7 Å². The zero-order valence-electron chi connectivity index (χ0n) is 10.1. The SMILES string of the molecule is CC(Cc1cccs1)n1c(=S)[nH]c2ccccc21. The molecule has 0 bridgehead atoms. The van der Waals surface area contributed by atoms with Crippen LogP contribution in [0.1, 0.15) is 17.8 Å². The van der Waals surface area contributed by atoms with Crippen LogP contribution in [-0.4, -0.2) is 9.55 Å². The van der Waals surface area contributed by atoms with Gasteiger partial charge in [0.15, 0.2) is 4.77 Å². The number of imidazole rings is 1. The molecule has 1 N–H and O–H groups in total. The summed E-state index contributed by atoms with van der Waals surface area (Å²) in [5.74, 6) is 0. The molecule has 0 saturated heterocycles. The molecule has 0 aliphatic heterocycles. The van der Waals surface area contributed by atoms with Crippen LogP contribution in [0, 0.1) is 4.77 Å². The first-order chi connectivity index (χ1) is 8.75. The highest BCUT2D eigenvalue weighted by Crippen LogP contribution is 2.23. The van der Waals surface area contributed by atoms with Crippen LogP contribution in [-0.2, 0) is 6.42 Å². The number of para-hydroxylation sites is 2. The van der Waals surface area contributed by atoms with Crippen LogP contribution in [0.4, 0.5) is 0 Å². The average Bonchev–Trinajstić information content (AvgIpc) is 2.94. The predicted octanol–water partition coefficient (Wildman–Crippen LogP) is 4.56. The number of H-pyrrole nitrogens is 1. The van der Waals surface area contributed by atoms with E-state index in [1.807, 2.05) is 6.07 Å². The third-order valence-electron chi connectivity index (χ3n) is 3.14. The van der Waals surface area contributed by atoms with E-state index < -0.39 is 0 Å². The molecule has 0 fully saturated rings. The minimum atomic E-state index is 0.368. The summed E-state index contributed by atoms with van der Waals surface area (Å²) < 4.78 is 3.02. The Hall–Kier alpha value is -1.39. The minimum Gasteiger partial charge on any atom is -0.331 e. The van der Waals surface area contributed by atoms with Crippen LogP contribution >= 0.6 is 23.6 Å². The fourth-order valence-electron chi connectivity index (χ4n) is 2.32. The van der Waals surface area contributed by atoms with Crippen LogP contribution < -0.4 is 0 Å². The van der Waals surface area contributed by atoms with Crippen molar-refractivity contribution in [2.24, 2.45) is 0 Å². The fourth-order valence-corrected chi connectivity index (χ4v) is 3.54. The Labute approximate surface area is 115 Å². The highest BCUT2D eigenvalue weighted by Gasteiger charge is 2.11. The van der Waals surface area contributed by atoms with Crippen molar-refractivity contribution in [2.75, 3.05) is 0 Å². The van der Waals surface area contributed by atoms with Crippen molar-refractivity contribution in [3.8, 4) is 0 Å². The summed E-state index contributed by atoms with van der Waals surface area (Å²) in [6, 6.07) is 12.9. The first kappa shape index (κ1) is 11.7. The van der Waals surface area contributed by atoms with Gasteiger partial charge in [-0.1, -0.05) is 18.2 Å². The van der Waals surface area contributed by atoms with Crippen LogP contribution in [0.5, 0.6) is 0 Å². The number of hydrogen-bond donors (Lipinski definition) is 1. The second kappa shape index (κ2) is 4.71. The molecule has 0 radical (unpaired) electrons. The number of nitrogens with zero attached hydrogens (tertiary/aromatic N) is 1. The van der Waals surface area contributed by atoms with Crippen molar-refractivity contribution in [1.82, 2.24) is 9.55 Å². The molecule has 0 spiro atoms.